The van der Waals surface area contributed by atoms with Crippen molar-refractivity contribution in [3.63, 3.8) is 0 Å². The number of fused-ring (bicyclic) bond motifs is 1. The van der Waals surface area contributed by atoms with E-state index in [2.05, 4.69) is 5.32 Å². The number of aliphatic carboxylic acids is 2. The fraction of sp³-hybridized carbons (Fsp3) is 0.469. The average Bonchev–Trinajstić information content (AvgIpc) is 3.25. The number of carboxylic acids is 2. The Hall–Kier alpha value is -4.13. The molecule has 12 nitrogen and oxygen atoms in total. The van der Waals surface area contributed by atoms with Crippen molar-refractivity contribution in [3.05, 3.63) is 52.1 Å². The van der Waals surface area contributed by atoms with E-state index in [9.17, 15) is 19.2 Å². The molecule has 2 aromatic carbocycles. The topological polar surface area (TPSA) is 176 Å². The standard InChI is InChI=1S/C32H41N3O9.BrH/c1-6-42-25-15-20-17-35(30(33)21(20)16-22(25)31(41)34-5)18-24(36)19-13-23(32(2,3)4)29(44-12-8-10-28(39)40)26(14-19)43-11-7-9-27(37)38;/h13-16,33H,6-12,17-18H2,1-5H3,(H,34,41)(H,37,38)(H,39,40);1H. The number of amides is 1. The Morgan fingerprint density at radius 1 is 0.933 bits per heavy atom. The van der Waals surface area contributed by atoms with Crippen LogP contribution in [0.1, 0.15) is 90.8 Å². The molecular formula is C32H42BrN3O9. The van der Waals surface area contributed by atoms with E-state index in [1.165, 1.54) is 7.05 Å². The lowest BCUT2D eigenvalue weighted by atomic mass is 9.84. The first kappa shape index (κ1) is 37.1. The van der Waals surface area contributed by atoms with Crippen molar-refractivity contribution in [2.24, 2.45) is 0 Å². The van der Waals surface area contributed by atoms with Gasteiger partial charge >= 0.3 is 11.9 Å². The number of hydrogen-bond donors (Lipinski definition) is 4. The number of ketones is 1. The van der Waals surface area contributed by atoms with Crippen LogP contribution < -0.4 is 19.5 Å². The fourth-order valence-electron chi connectivity index (χ4n) is 4.79. The molecule has 1 heterocycles. The molecule has 45 heavy (non-hydrogen) atoms. The summed E-state index contributed by atoms with van der Waals surface area (Å²) in [5, 5.41) is 29.4. The first-order valence-electron chi connectivity index (χ1n) is 14.5. The first-order chi connectivity index (χ1) is 20.8. The molecule has 1 aliphatic heterocycles. The molecule has 4 N–H and O–H groups in total. The SMILES string of the molecule is Br.CCOc1cc2c(cc1C(=O)NC)C(=N)N(CC(=O)c1cc(OCCCC(=O)O)c(OCCCC(=O)O)c(C(C)(C)C)c1)C2. The highest BCUT2D eigenvalue weighted by Gasteiger charge is 2.31. The van der Waals surface area contributed by atoms with Gasteiger partial charge in [0.2, 0.25) is 0 Å². The van der Waals surface area contributed by atoms with Gasteiger partial charge in [-0.25, -0.2) is 0 Å². The van der Waals surface area contributed by atoms with Gasteiger partial charge in [-0.3, -0.25) is 24.6 Å². The van der Waals surface area contributed by atoms with Crippen LogP contribution in [-0.2, 0) is 21.5 Å². The van der Waals surface area contributed by atoms with Gasteiger partial charge in [0.1, 0.15) is 11.6 Å². The van der Waals surface area contributed by atoms with Crippen LogP contribution in [0.4, 0.5) is 0 Å². The highest BCUT2D eigenvalue weighted by atomic mass is 79.9. The first-order valence-corrected chi connectivity index (χ1v) is 14.5. The number of halogens is 1. The van der Waals surface area contributed by atoms with Gasteiger partial charge in [0, 0.05) is 43.1 Å². The molecule has 0 unspecified atom stereocenters. The number of nitrogens with zero attached hydrogens (tertiary/aromatic N) is 1. The van der Waals surface area contributed by atoms with E-state index in [4.69, 9.17) is 29.8 Å². The van der Waals surface area contributed by atoms with Gasteiger partial charge in [0.05, 0.1) is 31.9 Å². The zero-order chi connectivity index (χ0) is 32.6. The Labute approximate surface area is 273 Å². The normalized spacial score (nSPS) is 12.2. The molecule has 0 saturated heterocycles. The summed E-state index contributed by atoms with van der Waals surface area (Å²) in [5.41, 5.74) is 2.11. The second-order valence-electron chi connectivity index (χ2n) is 11.4. The average molecular weight is 693 g/mol. The van der Waals surface area contributed by atoms with Crippen molar-refractivity contribution in [2.75, 3.05) is 33.4 Å². The number of carbonyl (C=O) groups is 4. The van der Waals surface area contributed by atoms with Crippen molar-refractivity contribution in [3.8, 4) is 17.2 Å². The number of amidine groups is 1. The van der Waals surface area contributed by atoms with E-state index in [1.54, 1.807) is 29.2 Å². The Bertz CT molecular complexity index is 1440. The van der Waals surface area contributed by atoms with Gasteiger partial charge < -0.3 is 34.6 Å². The van der Waals surface area contributed by atoms with Crippen LogP contribution >= 0.6 is 17.0 Å². The summed E-state index contributed by atoms with van der Waals surface area (Å²) in [6.45, 7) is 8.36. The summed E-state index contributed by atoms with van der Waals surface area (Å²) < 4.78 is 17.6. The summed E-state index contributed by atoms with van der Waals surface area (Å²) in [5.74, 6) is -1.36. The third-order valence-corrected chi connectivity index (χ3v) is 7.00. The Morgan fingerprint density at radius 2 is 1.56 bits per heavy atom. The van der Waals surface area contributed by atoms with Gasteiger partial charge in [0.15, 0.2) is 17.3 Å². The van der Waals surface area contributed by atoms with Crippen molar-refractivity contribution in [2.45, 2.75) is 65.3 Å². The van der Waals surface area contributed by atoms with Crippen LogP contribution in [0.5, 0.6) is 17.2 Å². The van der Waals surface area contributed by atoms with E-state index in [-0.39, 0.29) is 92.2 Å². The molecule has 2 aromatic rings. The van der Waals surface area contributed by atoms with E-state index >= 15 is 0 Å². The van der Waals surface area contributed by atoms with E-state index in [0.29, 0.717) is 40.4 Å². The number of rotatable bonds is 16. The van der Waals surface area contributed by atoms with Crippen molar-refractivity contribution in [1.29, 1.82) is 5.41 Å². The van der Waals surface area contributed by atoms with Gasteiger partial charge in [-0.1, -0.05) is 20.8 Å². The maximum absolute atomic E-state index is 13.7. The monoisotopic (exact) mass is 691 g/mol. The lowest BCUT2D eigenvalue weighted by molar-refractivity contribution is -0.138. The number of carbonyl (C=O) groups excluding carboxylic acids is 2. The van der Waals surface area contributed by atoms with Gasteiger partial charge in [-0.15, -0.1) is 17.0 Å². The second kappa shape index (κ2) is 16.3. The van der Waals surface area contributed by atoms with Gasteiger partial charge in [-0.05, 0) is 55.0 Å². The van der Waals surface area contributed by atoms with Crippen molar-refractivity contribution in [1.82, 2.24) is 10.2 Å². The maximum Gasteiger partial charge on any atom is 0.303 e. The zero-order valence-corrected chi connectivity index (χ0v) is 28.0. The Kier molecular flexibility index (Phi) is 13.4. The molecule has 13 heteroatoms. The van der Waals surface area contributed by atoms with Crippen LogP contribution in [0.2, 0.25) is 0 Å². The van der Waals surface area contributed by atoms with E-state index in [1.807, 2.05) is 27.7 Å². The Morgan fingerprint density at radius 3 is 2.11 bits per heavy atom. The lowest BCUT2D eigenvalue weighted by Gasteiger charge is -2.26. The predicted molar refractivity (Wildman–Crippen MR) is 173 cm³/mol. The fourth-order valence-corrected chi connectivity index (χ4v) is 4.79. The number of hydrogen-bond acceptors (Lipinski definition) is 8. The Balaban J connectivity index is 0.00000705. The second-order valence-corrected chi connectivity index (χ2v) is 11.4. The molecule has 1 aliphatic rings. The molecule has 246 valence electrons. The molecule has 3 rings (SSSR count). The summed E-state index contributed by atoms with van der Waals surface area (Å²) in [7, 11) is 1.52. The van der Waals surface area contributed by atoms with E-state index in [0.717, 1.165) is 5.56 Å². The number of carboxylic acid groups (broad SMARTS) is 2. The number of nitrogens with one attached hydrogen (secondary N) is 2. The minimum absolute atomic E-state index is 0. The van der Waals surface area contributed by atoms with Gasteiger partial charge in [-0.2, -0.15) is 0 Å². The third-order valence-electron chi connectivity index (χ3n) is 7.00. The van der Waals surface area contributed by atoms with Crippen molar-refractivity contribution < 1.29 is 43.6 Å². The molecule has 1 amide bonds. The minimum Gasteiger partial charge on any atom is -0.493 e. The van der Waals surface area contributed by atoms with Gasteiger partial charge in [0.25, 0.3) is 5.91 Å². The lowest BCUT2D eigenvalue weighted by Crippen LogP contribution is -2.30. The van der Waals surface area contributed by atoms with E-state index < -0.39 is 17.4 Å². The van der Waals surface area contributed by atoms with Crippen LogP contribution in [-0.4, -0.2) is 78.0 Å². The summed E-state index contributed by atoms with van der Waals surface area (Å²) in [6.07, 6.45) is 0.338. The predicted octanol–water partition coefficient (Wildman–Crippen LogP) is 4.83. The summed E-state index contributed by atoms with van der Waals surface area (Å²) in [6, 6.07) is 6.63. The quantitative estimate of drug-likeness (QED) is 0.141. The molecule has 0 saturated carbocycles. The summed E-state index contributed by atoms with van der Waals surface area (Å²) in [4.78, 5) is 49.8. The van der Waals surface area contributed by atoms with Crippen LogP contribution in [0.3, 0.4) is 0 Å². The zero-order valence-electron chi connectivity index (χ0n) is 26.3. The smallest absolute Gasteiger partial charge is 0.303 e. The third kappa shape index (κ3) is 9.68. The number of benzene rings is 2. The molecule has 0 fully saturated rings. The molecular weight excluding hydrogens is 650 g/mol. The number of Topliss-reactive ketones (excluding diaryl/α,β-unsaturated/α-hetero) is 1. The van der Waals surface area contributed by atoms with Crippen LogP contribution in [0.15, 0.2) is 24.3 Å². The summed E-state index contributed by atoms with van der Waals surface area (Å²) >= 11 is 0. The minimum atomic E-state index is -0.956. The molecule has 0 atom stereocenters. The maximum atomic E-state index is 13.7. The molecule has 0 spiro atoms. The number of ether oxygens (including phenoxy) is 3. The molecule has 0 bridgehead atoms. The largest absolute Gasteiger partial charge is 0.493 e. The van der Waals surface area contributed by atoms with Crippen molar-refractivity contribution >= 4 is 46.4 Å². The van der Waals surface area contributed by atoms with Crippen LogP contribution in [0.25, 0.3) is 0 Å². The molecule has 0 aromatic heterocycles. The highest BCUT2D eigenvalue weighted by molar-refractivity contribution is 8.93. The highest BCUT2D eigenvalue weighted by Crippen LogP contribution is 2.41. The molecule has 0 radical (unpaired) electrons. The van der Waals surface area contributed by atoms with Crippen LogP contribution in [0, 0.1) is 5.41 Å². The molecule has 0 aliphatic carbocycles.